The summed E-state index contributed by atoms with van der Waals surface area (Å²) in [6, 6.07) is 9.29. The normalized spacial score (nSPS) is 17.5. The van der Waals surface area contributed by atoms with E-state index in [1.807, 2.05) is 31.2 Å². The highest BCUT2D eigenvalue weighted by atomic mass is 35.5. The maximum absolute atomic E-state index is 11.7. The maximum atomic E-state index is 11.7. The van der Waals surface area contributed by atoms with E-state index in [-0.39, 0.29) is 12.1 Å². The van der Waals surface area contributed by atoms with Crippen LogP contribution in [0.1, 0.15) is 24.0 Å². The number of anilines is 3. The third-order valence-electron chi connectivity index (χ3n) is 6.43. The minimum Gasteiger partial charge on any atom is -0.377 e. The third-order valence-corrected chi connectivity index (χ3v) is 6.62. The van der Waals surface area contributed by atoms with E-state index in [1.165, 1.54) is 5.56 Å². The molecule has 2 aliphatic heterocycles. The molecular formula is C25H29ClN8O2. The summed E-state index contributed by atoms with van der Waals surface area (Å²) in [4.78, 5) is 35.0. The molecule has 1 fully saturated rings. The maximum Gasteiger partial charge on any atom is 0.318 e. The molecule has 0 unspecified atom stereocenters. The lowest BCUT2D eigenvalue weighted by Crippen LogP contribution is -2.45. The molecule has 2 amide bonds. The van der Waals surface area contributed by atoms with Crippen LogP contribution in [0.3, 0.4) is 0 Å². The Morgan fingerprint density at radius 3 is 2.67 bits per heavy atom. The quantitative estimate of drug-likeness (QED) is 0.516. The van der Waals surface area contributed by atoms with Crippen LogP contribution < -0.4 is 20.4 Å². The third kappa shape index (κ3) is 5.05. The second-order valence-electron chi connectivity index (χ2n) is 8.96. The van der Waals surface area contributed by atoms with Gasteiger partial charge in [-0.3, -0.25) is 0 Å². The molecule has 5 rings (SSSR count). The second kappa shape index (κ2) is 10.2. The Bertz CT molecular complexity index is 1250. The van der Waals surface area contributed by atoms with Crippen molar-refractivity contribution in [3.05, 3.63) is 52.6 Å². The number of hydrogen-bond donors (Lipinski definition) is 2. The van der Waals surface area contributed by atoms with E-state index in [1.54, 1.807) is 13.1 Å². The van der Waals surface area contributed by atoms with Crippen LogP contribution in [0.4, 0.5) is 22.1 Å². The van der Waals surface area contributed by atoms with Crippen molar-refractivity contribution in [3.63, 3.8) is 0 Å². The molecule has 1 aromatic carbocycles. The van der Waals surface area contributed by atoms with Gasteiger partial charge in [-0.2, -0.15) is 0 Å². The molecule has 0 aliphatic carbocycles. The number of aromatic nitrogens is 4. The monoisotopic (exact) mass is 508 g/mol. The Labute approximate surface area is 215 Å². The number of morpholine rings is 1. The number of carbonyl (C=O) groups is 1. The minimum atomic E-state index is -0.267. The molecular weight excluding hydrogens is 480 g/mol. The van der Waals surface area contributed by atoms with E-state index in [4.69, 9.17) is 26.3 Å². The van der Waals surface area contributed by atoms with Gasteiger partial charge >= 0.3 is 6.03 Å². The number of ether oxygens (including phenoxy) is 1. The second-order valence-corrected chi connectivity index (χ2v) is 9.35. The molecule has 2 aromatic heterocycles. The molecule has 0 bridgehead atoms. The van der Waals surface area contributed by atoms with Gasteiger partial charge < -0.3 is 25.2 Å². The average Bonchev–Trinajstić information content (AvgIpc) is 2.88. The zero-order valence-corrected chi connectivity index (χ0v) is 21.3. The molecule has 1 saturated heterocycles. The van der Waals surface area contributed by atoms with Crippen LogP contribution in [0.15, 0.2) is 30.3 Å². The number of carbonyl (C=O) groups excluding carboxylic acids is 1. The minimum absolute atomic E-state index is 0.214. The first kappa shape index (κ1) is 24.2. The van der Waals surface area contributed by atoms with Crippen LogP contribution in [0.2, 0.25) is 5.15 Å². The van der Waals surface area contributed by atoms with Gasteiger partial charge in [-0.25, -0.2) is 24.7 Å². The van der Waals surface area contributed by atoms with Gasteiger partial charge in [-0.15, -0.1) is 0 Å². The first-order valence-corrected chi connectivity index (χ1v) is 12.4. The molecule has 4 heterocycles. The zero-order valence-electron chi connectivity index (χ0n) is 20.6. The van der Waals surface area contributed by atoms with Gasteiger partial charge in [-0.1, -0.05) is 11.6 Å². The Morgan fingerprint density at radius 1 is 1.14 bits per heavy atom. The Balaban J connectivity index is 1.53. The molecule has 3 aromatic rings. The number of nitrogens with zero attached hydrogens (tertiary/aromatic N) is 6. The fourth-order valence-electron chi connectivity index (χ4n) is 4.59. The van der Waals surface area contributed by atoms with Crippen molar-refractivity contribution >= 4 is 35.0 Å². The van der Waals surface area contributed by atoms with E-state index in [0.717, 1.165) is 42.4 Å². The van der Waals surface area contributed by atoms with Crippen molar-refractivity contribution in [1.82, 2.24) is 25.3 Å². The van der Waals surface area contributed by atoms with Gasteiger partial charge in [0.1, 0.15) is 22.6 Å². The summed E-state index contributed by atoms with van der Waals surface area (Å²) in [5, 5.41) is 5.76. The van der Waals surface area contributed by atoms with Gasteiger partial charge in [0.2, 0.25) is 0 Å². The number of aryl methyl sites for hydroxylation is 1. The molecule has 188 valence electrons. The Hall–Kier alpha value is -3.50. The zero-order chi connectivity index (χ0) is 25.2. The Kier molecular flexibility index (Phi) is 6.88. The fourth-order valence-corrected chi connectivity index (χ4v) is 4.81. The van der Waals surface area contributed by atoms with Crippen molar-refractivity contribution < 1.29 is 9.53 Å². The van der Waals surface area contributed by atoms with Crippen LogP contribution >= 0.6 is 11.6 Å². The lowest BCUT2D eigenvalue weighted by Gasteiger charge is -2.38. The lowest BCUT2D eigenvalue weighted by molar-refractivity contribution is 0.0984. The van der Waals surface area contributed by atoms with Crippen LogP contribution in [0.5, 0.6) is 0 Å². The molecule has 10 nitrogen and oxygen atoms in total. The molecule has 0 radical (unpaired) electrons. The standard InChI is InChI=1S/C25H29ClN8O2/c1-15-14-36-11-10-34(15)24-19-8-9-33(22-12-21(26)28-16(2)29-22)13-20(19)31-23(32-24)17-4-6-18(7-5-17)30-25(35)27-3/h4-7,12,15H,8-11,13-14H2,1-3H3,(H2,27,30,35)/t15-/m0/s1. The number of amides is 2. The lowest BCUT2D eigenvalue weighted by atomic mass is 10.0. The molecule has 1 atom stereocenters. The average molecular weight is 509 g/mol. The van der Waals surface area contributed by atoms with Gasteiger partial charge in [0.15, 0.2) is 5.82 Å². The number of urea groups is 1. The predicted octanol–water partition coefficient (Wildman–Crippen LogP) is 3.43. The summed E-state index contributed by atoms with van der Waals surface area (Å²) in [5.41, 5.74) is 3.71. The molecule has 11 heteroatoms. The van der Waals surface area contributed by atoms with Crippen molar-refractivity contribution in [1.29, 1.82) is 0 Å². The van der Waals surface area contributed by atoms with E-state index in [0.29, 0.717) is 42.2 Å². The van der Waals surface area contributed by atoms with Crippen molar-refractivity contribution in [2.24, 2.45) is 0 Å². The number of hydrogen-bond acceptors (Lipinski definition) is 8. The summed E-state index contributed by atoms with van der Waals surface area (Å²) >= 11 is 6.22. The molecule has 0 saturated carbocycles. The smallest absolute Gasteiger partial charge is 0.318 e. The number of benzene rings is 1. The number of halogens is 1. The highest BCUT2D eigenvalue weighted by molar-refractivity contribution is 6.29. The predicted molar refractivity (Wildman–Crippen MR) is 140 cm³/mol. The van der Waals surface area contributed by atoms with Crippen LogP contribution in [-0.4, -0.2) is 65.4 Å². The van der Waals surface area contributed by atoms with Crippen LogP contribution in [0.25, 0.3) is 11.4 Å². The van der Waals surface area contributed by atoms with Gasteiger partial charge in [0.05, 0.1) is 31.5 Å². The van der Waals surface area contributed by atoms with Gasteiger partial charge in [-0.05, 0) is 44.5 Å². The number of nitrogens with one attached hydrogen (secondary N) is 2. The summed E-state index contributed by atoms with van der Waals surface area (Å²) in [5.74, 6) is 3.05. The first-order chi connectivity index (χ1) is 17.4. The summed E-state index contributed by atoms with van der Waals surface area (Å²) in [7, 11) is 1.58. The SMILES string of the molecule is CNC(=O)Nc1ccc(-c2nc3c(c(N4CCOC[C@@H]4C)n2)CCN(c2cc(Cl)nc(C)n2)C3)cc1. The molecule has 0 spiro atoms. The number of fused-ring (bicyclic) bond motifs is 1. The van der Waals surface area contributed by atoms with Gasteiger partial charge in [0.25, 0.3) is 0 Å². The first-order valence-electron chi connectivity index (χ1n) is 12.0. The fraction of sp³-hybridized carbons (Fsp3) is 0.400. The largest absolute Gasteiger partial charge is 0.377 e. The number of rotatable bonds is 4. The van der Waals surface area contributed by atoms with E-state index in [2.05, 4.69) is 37.3 Å². The summed E-state index contributed by atoms with van der Waals surface area (Å²) < 4.78 is 5.68. The summed E-state index contributed by atoms with van der Waals surface area (Å²) in [6.07, 6.45) is 0.796. The van der Waals surface area contributed by atoms with Crippen molar-refractivity contribution in [2.45, 2.75) is 32.9 Å². The van der Waals surface area contributed by atoms with E-state index < -0.39 is 0 Å². The topological polar surface area (TPSA) is 108 Å². The highest BCUT2D eigenvalue weighted by Gasteiger charge is 2.29. The van der Waals surface area contributed by atoms with E-state index in [9.17, 15) is 4.79 Å². The van der Waals surface area contributed by atoms with Crippen LogP contribution in [0, 0.1) is 6.92 Å². The Morgan fingerprint density at radius 2 is 1.94 bits per heavy atom. The van der Waals surface area contributed by atoms with Crippen LogP contribution in [-0.2, 0) is 17.7 Å². The summed E-state index contributed by atoms with van der Waals surface area (Å²) in [6.45, 7) is 7.50. The van der Waals surface area contributed by atoms with Gasteiger partial charge in [0, 0.05) is 43.0 Å². The molecule has 36 heavy (non-hydrogen) atoms. The van der Waals surface area contributed by atoms with E-state index >= 15 is 0 Å². The molecule has 2 N–H and O–H groups in total. The van der Waals surface area contributed by atoms with Crippen molar-refractivity contribution in [2.75, 3.05) is 48.5 Å². The van der Waals surface area contributed by atoms with Crippen molar-refractivity contribution in [3.8, 4) is 11.4 Å². The highest BCUT2D eigenvalue weighted by Crippen LogP contribution is 2.33. The molecule has 2 aliphatic rings.